The van der Waals surface area contributed by atoms with Crippen LogP contribution in [0.15, 0.2) is 12.3 Å². The maximum Gasteiger partial charge on any atom is 0.170 e. The van der Waals surface area contributed by atoms with Crippen LogP contribution >= 0.6 is 11.3 Å². The zero-order valence-corrected chi connectivity index (χ0v) is 8.14. The molecule has 0 fully saturated rings. The summed E-state index contributed by atoms with van der Waals surface area (Å²) in [5.41, 5.74) is 2.01. The number of aryl methyl sites for hydroxylation is 1. The summed E-state index contributed by atoms with van der Waals surface area (Å²) >= 11 is 1.52. The van der Waals surface area contributed by atoms with Gasteiger partial charge in [0.1, 0.15) is 5.01 Å². The third-order valence-electron chi connectivity index (χ3n) is 1.93. The first-order valence-corrected chi connectivity index (χ1v) is 5.01. The van der Waals surface area contributed by atoms with Gasteiger partial charge in [-0.1, -0.05) is 6.92 Å². The Morgan fingerprint density at radius 3 is 3.08 bits per heavy atom. The highest BCUT2D eigenvalue weighted by atomic mass is 32.1. The second kappa shape index (κ2) is 3.40. The normalized spacial score (nSPS) is 10.9. The van der Waals surface area contributed by atoms with Crippen LogP contribution in [0.5, 0.6) is 0 Å². The fourth-order valence-corrected chi connectivity index (χ4v) is 2.24. The molecule has 2 aromatic rings. The molecule has 0 atom stereocenters. The zero-order valence-electron chi connectivity index (χ0n) is 7.32. The molecule has 13 heavy (non-hydrogen) atoms. The maximum absolute atomic E-state index is 8.92. The van der Waals surface area contributed by atoms with Crippen molar-refractivity contribution in [2.75, 3.05) is 0 Å². The second-order valence-corrected chi connectivity index (χ2v) is 3.83. The van der Waals surface area contributed by atoms with Crippen LogP contribution in [-0.4, -0.2) is 15.1 Å². The number of thiazole rings is 1. The molecule has 0 aliphatic rings. The summed E-state index contributed by atoms with van der Waals surface area (Å²) in [6.07, 6.45) is 2.74. The molecular formula is C9H10N2OS. The highest BCUT2D eigenvalue weighted by molar-refractivity contribution is 7.18. The Balaban J connectivity index is 2.67. The van der Waals surface area contributed by atoms with E-state index in [4.69, 9.17) is 5.11 Å². The third-order valence-corrected chi connectivity index (χ3v) is 3.04. The Morgan fingerprint density at radius 2 is 2.38 bits per heavy atom. The van der Waals surface area contributed by atoms with Crippen LogP contribution in [0.4, 0.5) is 0 Å². The molecule has 0 bridgehead atoms. The van der Waals surface area contributed by atoms with E-state index in [-0.39, 0.29) is 6.61 Å². The van der Waals surface area contributed by atoms with E-state index in [0.29, 0.717) is 0 Å². The molecule has 0 spiro atoms. The monoisotopic (exact) mass is 194 g/mol. The number of rotatable bonds is 2. The van der Waals surface area contributed by atoms with E-state index in [1.54, 1.807) is 6.20 Å². The minimum Gasteiger partial charge on any atom is -0.389 e. The maximum atomic E-state index is 8.92. The molecule has 4 heteroatoms. The average molecular weight is 194 g/mol. The fraction of sp³-hybridized carbons (Fsp3) is 0.333. The predicted octanol–water partition coefficient (Wildman–Crippen LogP) is 1.75. The average Bonchev–Trinajstić information content (AvgIpc) is 2.59. The number of fused-ring (bicyclic) bond motifs is 1. The Morgan fingerprint density at radius 1 is 1.54 bits per heavy atom. The highest BCUT2D eigenvalue weighted by Gasteiger charge is 2.06. The first-order chi connectivity index (χ1) is 6.35. The summed E-state index contributed by atoms with van der Waals surface area (Å²) in [6, 6.07) is 2.00. The van der Waals surface area contributed by atoms with Gasteiger partial charge in [-0.25, -0.2) is 9.97 Å². The van der Waals surface area contributed by atoms with Gasteiger partial charge in [0, 0.05) is 6.20 Å². The summed E-state index contributed by atoms with van der Waals surface area (Å²) in [4.78, 5) is 8.34. The van der Waals surface area contributed by atoms with Gasteiger partial charge < -0.3 is 5.11 Å². The molecule has 0 aliphatic heterocycles. The zero-order chi connectivity index (χ0) is 9.26. The number of aliphatic hydroxyl groups is 1. The number of hydrogen-bond acceptors (Lipinski definition) is 4. The van der Waals surface area contributed by atoms with E-state index in [0.717, 1.165) is 21.8 Å². The Kier molecular flexibility index (Phi) is 2.24. The predicted molar refractivity (Wildman–Crippen MR) is 52.7 cm³/mol. The van der Waals surface area contributed by atoms with E-state index >= 15 is 0 Å². The molecule has 68 valence electrons. The summed E-state index contributed by atoms with van der Waals surface area (Å²) in [7, 11) is 0. The van der Waals surface area contributed by atoms with E-state index in [9.17, 15) is 0 Å². The van der Waals surface area contributed by atoms with Crippen molar-refractivity contribution in [2.24, 2.45) is 0 Å². The van der Waals surface area contributed by atoms with Crippen LogP contribution in [-0.2, 0) is 13.0 Å². The van der Waals surface area contributed by atoms with Crippen molar-refractivity contribution in [3.8, 4) is 0 Å². The lowest BCUT2D eigenvalue weighted by atomic mass is 10.2. The Labute approximate surface area is 80.1 Å². The molecule has 0 saturated heterocycles. The van der Waals surface area contributed by atoms with Crippen molar-refractivity contribution in [3.05, 3.63) is 22.8 Å². The summed E-state index contributed by atoms with van der Waals surface area (Å²) in [6.45, 7) is 2.11. The molecule has 1 N–H and O–H groups in total. The van der Waals surface area contributed by atoms with Gasteiger partial charge in [-0.05, 0) is 18.1 Å². The van der Waals surface area contributed by atoms with Gasteiger partial charge in [-0.15, -0.1) is 11.3 Å². The third kappa shape index (κ3) is 1.43. The number of aliphatic hydroxyl groups excluding tert-OH is 1. The van der Waals surface area contributed by atoms with Crippen LogP contribution < -0.4 is 0 Å². The molecule has 2 heterocycles. The van der Waals surface area contributed by atoms with Crippen molar-refractivity contribution >= 4 is 21.7 Å². The van der Waals surface area contributed by atoms with Gasteiger partial charge in [0.2, 0.25) is 0 Å². The molecule has 3 nitrogen and oxygen atoms in total. The molecular weight excluding hydrogens is 184 g/mol. The molecule has 0 radical (unpaired) electrons. The highest BCUT2D eigenvalue weighted by Crippen LogP contribution is 2.24. The van der Waals surface area contributed by atoms with E-state index in [1.165, 1.54) is 16.9 Å². The summed E-state index contributed by atoms with van der Waals surface area (Å²) < 4.78 is 1.11. The first-order valence-electron chi connectivity index (χ1n) is 4.19. The quantitative estimate of drug-likeness (QED) is 0.792. The SMILES string of the molecule is CCc1ccnc2nc(CO)sc12. The van der Waals surface area contributed by atoms with E-state index in [1.807, 2.05) is 6.07 Å². The smallest absolute Gasteiger partial charge is 0.170 e. The summed E-state index contributed by atoms with van der Waals surface area (Å²) in [5, 5.41) is 9.66. The lowest BCUT2D eigenvalue weighted by Crippen LogP contribution is -1.83. The summed E-state index contributed by atoms with van der Waals surface area (Å²) in [5.74, 6) is 0. The minimum atomic E-state index is 0.00415. The van der Waals surface area contributed by atoms with Crippen molar-refractivity contribution in [1.82, 2.24) is 9.97 Å². The number of nitrogens with zero attached hydrogens (tertiary/aromatic N) is 2. The molecule has 0 unspecified atom stereocenters. The second-order valence-electron chi connectivity index (χ2n) is 2.74. The van der Waals surface area contributed by atoms with Crippen LogP contribution in [0.2, 0.25) is 0 Å². The Hall–Kier alpha value is -1.00. The van der Waals surface area contributed by atoms with Crippen molar-refractivity contribution < 1.29 is 5.11 Å². The topological polar surface area (TPSA) is 46.0 Å². The van der Waals surface area contributed by atoms with Gasteiger partial charge >= 0.3 is 0 Å². The van der Waals surface area contributed by atoms with Gasteiger partial charge in [-0.3, -0.25) is 0 Å². The van der Waals surface area contributed by atoms with Gasteiger partial charge in [0.25, 0.3) is 0 Å². The van der Waals surface area contributed by atoms with Gasteiger partial charge in [-0.2, -0.15) is 0 Å². The van der Waals surface area contributed by atoms with Crippen molar-refractivity contribution in [3.63, 3.8) is 0 Å². The molecule has 0 aliphatic carbocycles. The van der Waals surface area contributed by atoms with E-state index < -0.39 is 0 Å². The largest absolute Gasteiger partial charge is 0.389 e. The molecule has 2 aromatic heterocycles. The minimum absolute atomic E-state index is 0.00415. The molecule has 2 rings (SSSR count). The molecule has 0 amide bonds. The number of hydrogen-bond donors (Lipinski definition) is 1. The number of pyridine rings is 1. The van der Waals surface area contributed by atoms with Gasteiger partial charge in [0.05, 0.1) is 11.3 Å². The van der Waals surface area contributed by atoms with Crippen LogP contribution in [0.3, 0.4) is 0 Å². The molecule has 0 saturated carbocycles. The lowest BCUT2D eigenvalue weighted by molar-refractivity contribution is 0.281. The Bertz CT molecular complexity index is 424. The first kappa shape index (κ1) is 8.59. The van der Waals surface area contributed by atoms with Crippen molar-refractivity contribution in [2.45, 2.75) is 20.0 Å². The number of aromatic nitrogens is 2. The van der Waals surface area contributed by atoms with Crippen LogP contribution in [0, 0.1) is 0 Å². The van der Waals surface area contributed by atoms with E-state index in [2.05, 4.69) is 16.9 Å². The lowest BCUT2D eigenvalue weighted by Gasteiger charge is -1.94. The standard InChI is InChI=1S/C9H10N2OS/c1-2-6-3-4-10-9-8(6)13-7(5-12)11-9/h3-4,12H,2,5H2,1H3. The fourth-order valence-electron chi connectivity index (χ4n) is 1.27. The van der Waals surface area contributed by atoms with Crippen molar-refractivity contribution in [1.29, 1.82) is 0 Å². The molecule has 0 aromatic carbocycles. The van der Waals surface area contributed by atoms with Gasteiger partial charge in [0.15, 0.2) is 5.65 Å². The van der Waals surface area contributed by atoms with Crippen LogP contribution in [0.1, 0.15) is 17.5 Å². The van der Waals surface area contributed by atoms with Crippen LogP contribution in [0.25, 0.3) is 10.3 Å².